The topological polar surface area (TPSA) is 105 Å². The predicted molar refractivity (Wildman–Crippen MR) is 65.5 cm³/mol. The number of hydrogen-bond donors (Lipinski definition) is 4. The molecule has 0 aromatic carbocycles. The standard InChI is InChI=1S/C11H14N4O3/c16-4-6-2-15(3-8(6)17)7-1-12-10-9(7)13-5-14-11(10)18/h1,5-6,8,12,16-17H,2-4H2,(H,13,14,18)/t6-,8+/m1/s1. The van der Waals surface area contributed by atoms with Crippen molar-refractivity contribution in [2.45, 2.75) is 6.10 Å². The minimum Gasteiger partial charge on any atom is -0.396 e. The van der Waals surface area contributed by atoms with E-state index < -0.39 is 6.10 Å². The Morgan fingerprint density at radius 2 is 2.28 bits per heavy atom. The highest BCUT2D eigenvalue weighted by atomic mass is 16.3. The number of hydrogen-bond acceptors (Lipinski definition) is 5. The largest absolute Gasteiger partial charge is 0.396 e. The Kier molecular flexibility index (Phi) is 2.57. The molecular weight excluding hydrogens is 236 g/mol. The van der Waals surface area contributed by atoms with E-state index in [9.17, 15) is 9.90 Å². The molecule has 2 aromatic heterocycles. The van der Waals surface area contributed by atoms with Crippen molar-refractivity contribution in [2.24, 2.45) is 5.92 Å². The molecule has 0 saturated carbocycles. The maximum absolute atomic E-state index is 11.6. The molecule has 0 bridgehead atoms. The molecule has 0 amide bonds. The summed E-state index contributed by atoms with van der Waals surface area (Å²) < 4.78 is 0. The van der Waals surface area contributed by atoms with Gasteiger partial charge in [0.15, 0.2) is 0 Å². The first kappa shape index (κ1) is 11.2. The van der Waals surface area contributed by atoms with E-state index in [0.717, 1.165) is 5.69 Å². The maximum Gasteiger partial charge on any atom is 0.275 e. The Morgan fingerprint density at radius 3 is 3.00 bits per heavy atom. The number of aromatic nitrogens is 3. The summed E-state index contributed by atoms with van der Waals surface area (Å²) in [5, 5.41) is 18.9. The third-order valence-electron chi connectivity index (χ3n) is 3.43. The highest BCUT2D eigenvalue weighted by molar-refractivity contribution is 5.88. The maximum atomic E-state index is 11.6. The Labute approximate surface area is 102 Å². The molecule has 3 rings (SSSR count). The first-order chi connectivity index (χ1) is 8.70. The smallest absolute Gasteiger partial charge is 0.275 e. The molecule has 7 nitrogen and oxygen atoms in total. The number of nitrogens with one attached hydrogen (secondary N) is 2. The van der Waals surface area contributed by atoms with Crippen molar-refractivity contribution in [3.63, 3.8) is 0 Å². The molecule has 3 heterocycles. The van der Waals surface area contributed by atoms with Crippen LogP contribution in [0.3, 0.4) is 0 Å². The Bertz CT molecular complexity index is 620. The fourth-order valence-corrected chi connectivity index (χ4v) is 2.41. The van der Waals surface area contributed by atoms with Crippen LogP contribution in [-0.2, 0) is 0 Å². The van der Waals surface area contributed by atoms with Gasteiger partial charge in [-0.2, -0.15) is 0 Å². The van der Waals surface area contributed by atoms with Crippen molar-refractivity contribution in [1.29, 1.82) is 0 Å². The van der Waals surface area contributed by atoms with Gasteiger partial charge in [-0.3, -0.25) is 4.79 Å². The summed E-state index contributed by atoms with van der Waals surface area (Å²) in [5.74, 6) is -0.156. The summed E-state index contributed by atoms with van der Waals surface area (Å²) >= 11 is 0. The second-order valence-electron chi connectivity index (χ2n) is 4.54. The summed E-state index contributed by atoms with van der Waals surface area (Å²) in [5.41, 5.74) is 1.58. The van der Waals surface area contributed by atoms with Gasteiger partial charge < -0.3 is 25.1 Å². The minimum absolute atomic E-state index is 0.0476. The molecule has 2 atom stereocenters. The summed E-state index contributed by atoms with van der Waals surface area (Å²) in [6.07, 6.45) is 2.51. The number of aromatic amines is 2. The van der Waals surface area contributed by atoms with E-state index in [0.29, 0.717) is 24.1 Å². The molecular formula is C11H14N4O3. The zero-order valence-corrected chi connectivity index (χ0v) is 9.63. The second-order valence-corrected chi connectivity index (χ2v) is 4.54. The third-order valence-corrected chi connectivity index (χ3v) is 3.43. The lowest BCUT2D eigenvalue weighted by Crippen LogP contribution is -2.21. The molecule has 4 N–H and O–H groups in total. The van der Waals surface area contributed by atoms with E-state index in [1.165, 1.54) is 6.33 Å². The molecule has 1 aliphatic rings. The van der Waals surface area contributed by atoms with Gasteiger partial charge in [0.05, 0.1) is 24.7 Å². The quantitative estimate of drug-likeness (QED) is 0.549. The molecule has 1 aliphatic heterocycles. The second kappa shape index (κ2) is 4.11. The number of aliphatic hydroxyl groups is 2. The first-order valence-corrected chi connectivity index (χ1v) is 5.79. The minimum atomic E-state index is -0.554. The number of nitrogens with zero attached hydrogens (tertiary/aromatic N) is 2. The molecule has 1 saturated heterocycles. The van der Waals surface area contributed by atoms with Crippen LogP contribution in [0.1, 0.15) is 0 Å². The van der Waals surface area contributed by atoms with Gasteiger partial charge in [-0.1, -0.05) is 0 Å². The fourth-order valence-electron chi connectivity index (χ4n) is 2.41. The van der Waals surface area contributed by atoms with Crippen LogP contribution in [0.5, 0.6) is 0 Å². The highest BCUT2D eigenvalue weighted by Gasteiger charge is 2.32. The molecule has 7 heteroatoms. The Morgan fingerprint density at radius 1 is 1.44 bits per heavy atom. The Balaban J connectivity index is 2.01. The third kappa shape index (κ3) is 1.59. The van der Waals surface area contributed by atoms with Gasteiger partial charge in [0.25, 0.3) is 5.56 Å². The van der Waals surface area contributed by atoms with Gasteiger partial charge in [0.2, 0.25) is 0 Å². The van der Waals surface area contributed by atoms with Crippen LogP contribution in [-0.4, -0.2) is 51.0 Å². The summed E-state index contributed by atoms with van der Waals surface area (Å²) in [7, 11) is 0. The van der Waals surface area contributed by atoms with Gasteiger partial charge in [-0.25, -0.2) is 4.98 Å². The highest BCUT2D eigenvalue weighted by Crippen LogP contribution is 2.28. The van der Waals surface area contributed by atoms with Gasteiger partial charge in [-0.15, -0.1) is 0 Å². The van der Waals surface area contributed by atoms with E-state index in [2.05, 4.69) is 15.0 Å². The molecule has 0 radical (unpaired) electrons. The molecule has 0 spiro atoms. The SMILES string of the molecule is O=c1[nH]cnc2c(N3C[C@H](CO)[C@@H](O)C3)c[nH]c12. The zero-order valence-electron chi connectivity index (χ0n) is 9.63. The lowest BCUT2D eigenvalue weighted by atomic mass is 10.1. The average molecular weight is 250 g/mol. The first-order valence-electron chi connectivity index (χ1n) is 5.79. The molecule has 18 heavy (non-hydrogen) atoms. The van der Waals surface area contributed by atoms with Crippen LogP contribution in [0.15, 0.2) is 17.3 Å². The summed E-state index contributed by atoms with van der Waals surface area (Å²) in [6.45, 7) is 0.944. The van der Waals surface area contributed by atoms with E-state index in [-0.39, 0.29) is 18.1 Å². The molecule has 0 unspecified atom stereocenters. The monoisotopic (exact) mass is 250 g/mol. The number of β-amino-alcohol motifs (C(OH)–C–C–N with tert-alkyl or cyclic N) is 1. The molecule has 2 aromatic rings. The van der Waals surface area contributed by atoms with E-state index in [4.69, 9.17) is 5.11 Å². The van der Waals surface area contributed by atoms with Crippen molar-refractivity contribution in [3.8, 4) is 0 Å². The van der Waals surface area contributed by atoms with Crippen molar-refractivity contribution in [1.82, 2.24) is 15.0 Å². The van der Waals surface area contributed by atoms with Gasteiger partial charge in [0, 0.05) is 25.2 Å². The van der Waals surface area contributed by atoms with Gasteiger partial charge in [-0.05, 0) is 0 Å². The van der Waals surface area contributed by atoms with Crippen molar-refractivity contribution in [3.05, 3.63) is 22.9 Å². The summed E-state index contributed by atoms with van der Waals surface area (Å²) in [4.78, 5) is 23.0. The predicted octanol–water partition coefficient (Wildman–Crippen LogP) is -0.959. The van der Waals surface area contributed by atoms with Crippen LogP contribution in [0.4, 0.5) is 5.69 Å². The van der Waals surface area contributed by atoms with E-state index in [1.807, 2.05) is 4.90 Å². The van der Waals surface area contributed by atoms with Crippen molar-refractivity contribution >= 4 is 16.7 Å². The number of anilines is 1. The average Bonchev–Trinajstić information content (AvgIpc) is 2.93. The number of aliphatic hydroxyl groups excluding tert-OH is 2. The van der Waals surface area contributed by atoms with Crippen LogP contribution >= 0.6 is 0 Å². The van der Waals surface area contributed by atoms with Gasteiger partial charge in [0.1, 0.15) is 11.0 Å². The number of H-pyrrole nitrogens is 2. The summed E-state index contributed by atoms with van der Waals surface area (Å²) in [6, 6.07) is 0. The van der Waals surface area contributed by atoms with Crippen molar-refractivity contribution < 1.29 is 10.2 Å². The lowest BCUT2D eigenvalue weighted by Gasteiger charge is -2.15. The fraction of sp³-hybridized carbons (Fsp3) is 0.455. The number of fused-ring (bicyclic) bond motifs is 1. The van der Waals surface area contributed by atoms with Crippen LogP contribution in [0.25, 0.3) is 11.0 Å². The lowest BCUT2D eigenvalue weighted by molar-refractivity contribution is 0.104. The molecule has 96 valence electrons. The van der Waals surface area contributed by atoms with Crippen molar-refractivity contribution in [2.75, 3.05) is 24.6 Å². The van der Waals surface area contributed by atoms with E-state index >= 15 is 0 Å². The normalized spacial score (nSPS) is 24.0. The van der Waals surface area contributed by atoms with Crippen LogP contribution in [0.2, 0.25) is 0 Å². The van der Waals surface area contributed by atoms with Gasteiger partial charge >= 0.3 is 0 Å². The Hall–Kier alpha value is -1.86. The van der Waals surface area contributed by atoms with Crippen LogP contribution in [0, 0.1) is 5.92 Å². The molecule has 1 fully saturated rings. The van der Waals surface area contributed by atoms with E-state index in [1.54, 1.807) is 6.20 Å². The van der Waals surface area contributed by atoms with Crippen LogP contribution < -0.4 is 10.5 Å². The molecule has 0 aliphatic carbocycles. The number of rotatable bonds is 2. The zero-order chi connectivity index (χ0) is 12.7.